The molecule has 0 bridgehead atoms. The molecule has 7 heteroatoms. The lowest BCUT2D eigenvalue weighted by atomic mass is 10.6. The number of hydrogen-bond acceptors (Lipinski definition) is 4. The third-order valence-electron chi connectivity index (χ3n) is 0.916. The summed E-state index contributed by atoms with van der Waals surface area (Å²) in [6.07, 6.45) is 2.39. The second-order valence-electron chi connectivity index (χ2n) is 2.09. The quantitative estimate of drug-likeness (QED) is 0.717. The van der Waals surface area contributed by atoms with E-state index in [4.69, 9.17) is 11.6 Å². The SMILES string of the molecule is CS(=O)(=O)Nc1ccnc(Cl)n1. The average molecular weight is 208 g/mol. The lowest BCUT2D eigenvalue weighted by Crippen LogP contribution is -2.10. The molecule has 1 heterocycles. The van der Waals surface area contributed by atoms with Gasteiger partial charge in [-0.2, -0.15) is 4.98 Å². The van der Waals surface area contributed by atoms with Crippen LogP contribution in [0, 0.1) is 0 Å². The zero-order valence-electron chi connectivity index (χ0n) is 6.15. The topological polar surface area (TPSA) is 72.0 Å². The fourth-order valence-corrected chi connectivity index (χ4v) is 1.22. The van der Waals surface area contributed by atoms with Crippen molar-refractivity contribution in [3.05, 3.63) is 17.5 Å². The van der Waals surface area contributed by atoms with E-state index in [9.17, 15) is 8.42 Å². The molecule has 0 spiro atoms. The number of nitrogens with one attached hydrogen (secondary N) is 1. The van der Waals surface area contributed by atoms with Crippen molar-refractivity contribution >= 4 is 27.4 Å². The summed E-state index contributed by atoms with van der Waals surface area (Å²) < 4.78 is 23.6. The molecular formula is C5H6ClN3O2S. The summed E-state index contributed by atoms with van der Waals surface area (Å²) in [6.45, 7) is 0. The fraction of sp³-hybridized carbons (Fsp3) is 0.200. The van der Waals surface area contributed by atoms with Gasteiger partial charge in [-0.3, -0.25) is 4.72 Å². The minimum atomic E-state index is -3.29. The molecule has 0 aliphatic rings. The average Bonchev–Trinajstić information content (AvgIpc) is 1.82. The first kappa shape index (κ1) is 9.21. The van der Waals surface area contributed by atoms with E-state index in [0.717, 1.165) is 6.26 Å². The summed E-state index contributed by atoms with van der Waals surface area (Å²) in [5.41, 5.74) is 0. The van der Waals surface area contributed by atoms with Gasteiger partial charge in [0.2, 0.25) is 15.3 Å². The highest BCUT2D eigenvalue weighted by Crippen LogP contribution is 2.06. The fourth-order valence-electron chi connectivity index (χ4n) is 0.582. The van der Waals surface area contributed by atoms with Gasteiger partial charge in [0.05, 0.1) is 6.26 Å². The first-order valence-electron chi connectivity index (χ1n) is 2.94. The molecule has 0 aliphatic carbocycles. The number of anilines is 1. The van der Waals surface area contributed by atoms with E-state index in [1.807, 2.05) is 0 Å². The predicted octanol–water partition coefficient (Wildman–Crippen LogP) is 0.501. The largest absolute Gasteiger partial charge is 0.267 e. The van der Waals surface area contributed by atoms with Gasteiger partial charge < -0.3 is 0 Å². The number of rotatable bonds is 2. The van der Waals surface area contributed by atoms with Crippen LogP contribution in [0.1, 0.15) is 0 Å². The first-order chi connectivity index (χ1) is 5.47. The maximum atomic E-state index is 10.7. The maximum Gasteiger partial charge on any atom is 0.230 e. The molecule has 0 aliphatic heterocycles. The predicted molar refractivity (Wildman–Crippen MR) is 45.5 cm³/mol. The lowest BCUT2D eigenvalue weighted by molar-refractivity contribution is 0.606. The third-order valence-corrected chi connectivity index (χ3v) is 1.68. The Kier molecular flexibility index (Phi) is 2.49. The van der Waals surface area contributed by atoms with Crippen molar-refractivity contribution in [2.45, 2.75) is 0 Å². The summed E-state index contributed by atoms with van der Waals surface area (Å²) in [4.78, 5) is 7.21. The second-order valence-corrected chi connectivity index (χ2v) is 4.17. The van der Waals surface area contributed by atoms with Gasteiger partial charge in [-0.05, 0) is 17.7 Å². The van der Waals surface area contributed by atoms with Crippen molar-refractivity contribution < 1.29 is 8.42 Å². The van der Waals surface area contributed by atoms with Gasteiger partial charge in [0.15, 0.2) is 0 Å². The van der Waals surface area contributed by atoms with Crippen LogP contribution in [0.2, 0.25) is 5.28 Å². The molecule has 1 N–H and O–H groups in total. The van der Waals surface area contributed by atoms with E-state index in [0.29, 0.717) is 0 Å². The molecule has 12 heavy (non-hydrogen) atoms. The maximum absolute atomic E-state index is 10.7. The Labute approximate surface area is 74.8 Å². The molecule has 1 rings (SSSR count). The van der Waals surface area contributed by atoms with E-state index in [1.54, 1.807) is 0 Å². The van der Waals surface area contributed by atoms with Crippen molar-refractivity contribution in [2.75, 3.05) is 11.0 Å². The smallest absolute Gasteiger partial charge is 0.230 e. The summed E-state index contributed by atoms with van der Waals surface area (Å²) in [6, 6.07) is 1.41. The van der Waals surface area contributed by atoms with E-state index < -0.39 is 10.0 Å². The molecule has 1 aromatic heterocycles. The summed E-state index contributed by atoms with van der Waals surface area (Å²) in [7, 11) is -3.29. The Morgan fingerprint density at radius 2 is 2.25 bits per heavy atom. The van der Waals surface area contributed by atoms with Crippen molar-refractivity contribution in [3.63, 3.8) is 0 Å². The molecule has 0 aromatic carbocycles. The molecule has 1 aromatic rings. The zero-order valence-corrected chi connectivity index (χ0v) is 7.72. The molecule has 66 valence electrons. The minimum absolute atomic E-state index is 0.00338. The number of nitrogens with zero attached hydrogens (tertiary/aromatic N) is 2. The van der Waals surface area contributed by atoms with Crippen LogP contribution in [0.15, 0.2) is 12.3 Å². The molecule has 0 unspecified atom stereocenters. The third kappa shape index (κ3) is 3.02. The number of halogens is 1. The van der Waals surface area contributed by atoms with Crippen LogP contribution in [-0.2, 0) is 10.0 Å². The van der Waals surface area contributed by atoms with Crippen molar-refractivity contribution in [2.24, 2.45) is 0 Å². The Balaban J connectivity index is 2.91. The van der Waals surface area contributed by atoms with Crippen molar-refractivity contribution in [1.29, 1.82) is 0 Å². The van der Waals surface area contributed by atoms with Gasteiger partial charge in [0.25, 0.3) is 0 Å². The monoisotopic (exact) mass is 207 g/mol. The molecule has 0 radical (unpaired) electrons. The minimum Gasteiger partial charge on any atom is -0.267 e. The summed E-state index contributed by atoms with van der Waals surface area (Å²) in [5.74, 6) is 0.164. The normalized spacial score (nSPS) is 11.2. The van der Waals surface area contributed by atoms with Gasteiger partial charge in [0.1, 0.15) is 5.82 Å². The van der Waals surface area contributed by atoms with Gasteiger partial charge in [-0.25, -0.2) is 13.4 Å². The van der Waals surface area contributed by atoms with Crippen molar-refractivity contribution in [1.82, 2.24) is 9.97 Å². The van der Waals surface area contributed by atoms with Crippen LogP contribution >= 0.6 is 11.6 Å². The highest BCUT2D eigenvalue weighted by Gasteiger charge is 2.02. The molecule has 0 saturated heterocycles. The molecule has 0 atom stereocenters. The van der Waals surface area contributed by atoms with Crippen LogP contribution < -0.4 is 4.72 Å². The highest BCUT2D eigenvalue weighted by molar-refractivity contribution is 7.92. The highest BCUT2D eigenvalue weighted by atomic mass is 35.5. The second kappa shape index (κ2) is 3.24. The Hall–Kier alpha value is -0.880. The molecular weight excluding hydrogens is 202 g/mol. The van der Waals surface area contributed by atoms with Crippen LogP contribution in [0.3, 0.4) is 0 Å². The Morgan fingerprint density at radius 3 is 2.75 bits per heavy atom. The van der Waals surface area contributed by atoms with Crippen molar-refractivity contribution in [3.8, 4) is 0 Å². The summed E-state index contributed by atoms with van der Waals surface area (Å²) >= 11 is 5.42. The van der Waals surface area contributed by atoms with Crippen LogP contribution in [0.5, 0.6) is 0 Å². The zero-order chi connectivity index (χ0) is 9.19. The lowest BCUT2D eigenvalue weighted by Gasteiger charge is -2.00. The molecule has 0 saturated carbocycles. The van der Waals surface area contributed by atoms with E-state index in [1.165, 1.54) is 12.3 Å². The number of hydrogen-bond donors (Lipinski definition) is 1. The van der Waals surface area contributed by atoms with Gasteiger partial charge in [-0.15, -0.1) is 0 Å². The van der Waals surface area contributed by atoms with E-state index in [2.05, 4.69) is 14.7 Å². The Bertz CT molecular complexity index is 378. The molecule has 5 nitrogen and oxygen atoms in total. The van der Waals surface area contributed by atoms with Crippen LogP contribution in [0.4, 0.5) is 5.82 Å². The van der Waals surface area contributed by atoms with Gasteiger partial charge in [-0.1, -0.05) is 0 Å². The molecule has 0 amide bonds. The molecule has 0 fully saturated rings. The number of sulfonamides is 1. The summed E-state index contributed by atoms with van der Waals surface area (Å²) in [5, 5.41) is 0.00338. The first-order valence-corrected chi connectivity index (χ1v) is 5.21. The Morgan fingerprint density at radius 1 is 1.58 bits per heavy atom. The standard InChI is InChI=1S/C5H6ClN3O2S/c1-12(10,11)9-4-2-3-7-5(6)8-4/h2-3H,1H3,(H,7,8,9). The number of aromatic nitrogens is 2. The van der Waals surface area contributed by atoms with E-state index >= 15 is 0 Å². The van der Waals surface area contributed by atoms with E-state index in [-0.39, 0.29) is 11.1 Å². The van der Waals surface area contributed by atoms with Crippen LogP contribution in [-0.4, -0.2) is 24.6 Å². The van der Waals surface area contributed by atoms with Gasteiger partial charge >= 0.3 is 0 Å². The van der Waals surface area contributed by atoms with Crippen LogP contribution in [0.25, 0.3) is 0 Å². The van der Waals surface area contributed by atoms with Gasteiger partial charge in [0, 0.05) is 6.20 Å².